The Labute approximate surface area is 160 Å². The zero-order chi connectivity index (χ0) is 19.9. The molecule has 0 aromatic heterocycles. The predicted octanol–water partition coefficient (Wildman–Crippen LogP) is 1.59. The molecule has 6 nitrogen and oxygen atoms in total. The van der Waals surface area contributed by atoms with Gasteiger partial charge in [-0.15, -0.1) is 6.42 Å². The molecular formula is C20H23N3O3S. The van der Waals surface area contributed by atoms with Gasteiger partial charge >= 0.3 is 0 Å². The number of carbonyl (C=O) groups excluding carboxylic acids is 1. The van der Waals surface area contributed by atoms with E-state index in [2.05, 4.69) is 20.9 Å². The van der Waals surface area contributed by atoms with E-state index in [1.54, 1.807) is 6.07 Å². The normalized spacial score (nSPS) is 11.2. The third kappa shape index (κ3) is 5.93. The lowest BCUT2D eigenvalue weighted by Gasteiger charge is -2.15. The molecule has 0 aliphatic heterocycles. The summed E-state index contributed by atoms with van der Waals surface area (Å²) in [5, 5.41) is 2.85. The van der Waals surface area contributed by atoms with Crippen LogP contribution in [0.3, 0.4) is 0 Å². The molecule has 2 N–H and O–H groups in total. The van der Waals surface area contributed by atoms with Crippen LogP contribution in [0.15, 0.2) is 53.4 Å². The van der Waals surface area contributed by atoms with Crippen molar-refractivity contribution in [2.45, 2.75) is 18.0 Å². The molecule has 7 heteroatoms. The van der Waals surface area contributed by atoms with Gasteiger partial charge < -0.3 is 10.2 Å². The van der Waals surface area contributed by atoms with E-state index >= 15 is 0 Å². The van der Waals surface area contributed by atoms with E-state index in [4.69, 9.17) is 6.42 Å². The second-order valence-corrected chi connectivity index (χ2v) is 8.01. The molecular weight excluding hydrogens is 362 g/mol. The maximum absolute atomic E-state index is 12.5. The molecule has 2 aromatic rings. The molecule has 2 aromatic carbocycles. The Morgan fingerprint density at radius 3 is 2.48 bits per heavy atom. The van der Waals surface area contributed by atoms with Crippen molar-refractivity contribution in [1.82, 2.24) is 14.9 Å². The van der Waals surface area contributed by atoms with Crippen LogP contribution >= 0.6 is 0 Å². The minimum absolute atomic E-state index is 0.00147. The van der Waals surface area contributed by atoms with Crippen LogP contribution in [0.5, 0.6) is 0 Å². The van der Waals surface area contributed by atoms with Gasteiger partial charge in [0.2, 0.25) is 10.0 Å². The molecule has 0 saturated heterocycles. The van der Waals surface area contributed by atoms with Gasteiger partial charge in [-0.2, -0.15) is 4.72 Å². The van der Waals surface area contributed by atoms with Crippen molar-refractivity contribution >= 4 is 15.9 Å². The van der Waals surface area contributed by atoms with Crippen LogP contribution in [0.1, 0.15) is 21.5 Å². The Bertz CT molecular complexity index is 947. The summed E-state index contributed by atoms with van der Waals surface area (Å²) in [7, 11) is 0.220. The van der Waals surface area contributed by atoms with Crippen molar-refractivity contribution in [2.24, 2.45) is 0 Å². The highest BCUT2D eigenvalue weighted by atomic mass is 32.2. The minimum Gasteiger partial charge on any atom is -0.348 e. The first-order chi connectivity index (χ1) is 12.8. The van der Waals surface area contributed by atoms with Crippen molar-refractivity contribution in [2.75, 3.05) is 20.6 Å². The lowest BCUT2D eigenvalue weighted by Crippen LogP contribution is -2.26. The summed E-state index contributed by atoms with van der Waals surface area (Å²) in [5.41, 5.74) is 2.40. The zero-order valence-electron chi connectivity index (χ0n) is 15.4. The Morgan fingerprint density at radius 1 is 1.11 bits per heavy atom. The standard InChI is InChI=1S/C20H23N3O3S/c1-4-12-22-27(25,26)19-11-7-10-16(13-19)20(24)21-14-17-8-5-6-9-18(17)15-23(2)3/h1,5-11,13,22H,12,14-15H2,2-3H3,(H,21,24). The van der Waals surface area contributed by atoms with Gasteiger partial charge in [0.1, 0.15) is 0 Å². The molecule has 27 heavy (non-hydrogen) atoms. The van der Waals surface area contributed by atoms with E-state index in [1.807, 2.05) is 38.4 Å². The highest BCUT2D eigenvalue weighted by Crippen LogP contribution is 2.13. The number of nitrogens with one attached hydrogen (secondary N) is 2. The molecule has 0 saturated carbocycles. The third-order valence-electron chi connectivity index (χ3n) is 3.82. The lowest BCUT2D eigenvalue weighted by molar-refractivity contribution is 0.0950. The van der Waals surface area contributed by atoms with Gasteiger partial charge in [0.25, 0.3) is 5.91 Å². The van der Waals surface area contributed by atoms with Gasteiger partial charge in [0.15, 0.2) is 0 Å². The molecule has 0 radical (unpaired) electrons. The summed E-state index contributed by atoms with van der Waals surface area (Å²) in [4.78, 5) is 14.5. The summed E-state index contributed by atoms with van der Waals surface area (Å²) < 4.78 is 26.6. The molecule has 0 aliphatic carbocycles. The highest BCUT2D eigenvalue weighted by Gasteiger charge is 2.15. The van der Waals surface area contributed by atoms with Crippen LogP contribution in [0.25, 0.3) is 0 Å². The quantitative estimate of drug-likeness (QED) is 0.677. The predicted molar refractivity (Wildman–Crippen MR) is 105 cm³/mol. The number of rotatable bonds is 8. The van der Waals surface area contributed by atoms with Gasteiger partial charge in [-0.25, -0.2) is 8.42 Å². The van der Waals surface area contributed by atoms with E-state index in [9.17, 15) is 13.2 Å². The van der Waals surface area contributed by atoms with Crippen LogP contribution in [-0.2, 0) is 23.1 Å². The molecule has 0 spiro atoms. The van der Waals surface area contributed by atoms with Gasteiger partial charge in [-0.3, -0.25) is 4.79 Å². The van der Waals surface area contributed by atoms with Crippen molar-refractivity contribution in [3.05, 3.63) is 65.2 Å². The number of nitrogens with zero attached hydrogens (tertiary/aromatic N) is 1. The maximum Gasteiger partial charge on any atom is 0.251 e. The molecule has 0 heterocycles. The molecule has 142 valence electrons. The van der Waals surface area contributed by atoms with E-state index < -0.39 is 10.0 Å². The number of carbonyl (C=O) groups is 1. The number of sulfonamides is 1. The fraction of sp³-hybridized carbons (Fsp3) is 0.250. The topological polar surface area (TPSA) is 78.5 Å². The fourth-order valence-electron chi connectivity index (χ4n) is 2.53. The highest BCUT2D eigenvalue weighted by molar-refractivity contribution is 7.89. The monoisotopic (exact) mass is 385 g/mol. The molecule has 0 fully saturated rings. The summed E-state index contributed by atoms with van der Waals surface area (Å²) in [6, 6.07) is 13.7. The smallest absolute Gasteiger partial charge is 0.251 e. The molecule has 0 bridgehead atoms. The third-order valence-corrected chi connectivity index (χ3v) is 5.21. The van der Waals surface area contributed by atoms with E-state index in [0.717, 1.165) is 17.7 Å². The SMILES string of the molecule is C#CCNS(=O)(=O)c1cccc(C(=O)NCc2ccccc2CN(C)C)c1. The molecule has 2 rings (SSSR count). The van der Waals surface area contributed by atoms with Crippen LogP contribution in [-0.4, -0.2) is 39.9 Å². The van der Waals surface area contributed by atoms with Crippen molar-refractivity contribution in [1.29, 1.82) is 0 Å². The van der Waals surface area contributed by atoms with Crippen LogP contribution in [0.2, 0.25) is 0 Å². The number of hydrogen-bond donors (Lipinski definition) is 2. The molecule has 0 atom stereocenters. The first-order valence-corrected chi connectivity index (χ1v) is 9.84. The second kappa shape index (κ2) is 9.33. The number of hydrogen-bond acceptors (Lipinski definition) is 4. The molecule has 0 aliphatic rings. The maximum atomic E-state index is 12.5. The summed E-state index contributed by atoms with van der Waals surface area (Å²) in [6.45, 7) is 1.01. The summed E-state index contributed by atoms with van der Waals surface area (Å²) in [5.74, 6) is 1.87. The van der Waals surface area contributed by atoms with Crippen LogP contribution < -0.4 is 10.0 Å². The second-order valence-electron chi connectivity index (χ2n) is 6.25. The van der Waals surface area contributed by atoms with E-state index in [-0.39, 0.29) is 22.9 Å². The van der Waals surface area contributed by atoms with E-state index in [0.29, 0.717) is 6.54 Å². The fourth-order valence-corrected chi connectivity index (χ4v) is 3.51. The number of benzene rings is 2. The molecule has 0 unspecified atom stereocenters. The van der Waals surface area contributed by atoms with Crippen LogP contribution in [0, 0.1) is 12.3 Å². The Hall–Kier alpha value is -2.66. The van der Waals surface area contributed by atoms with Crippen molar-refractivity contribution in [3.8, 4) is 12.3 Å². The largest absolute Gasteiger partial charge is 0.348 e. The number of amides is 1. The summed E-state index contributed by atoms with van der Waals surface area (Å²) in [6.07, 6.45) is 5.08. The minimum atomic E-state index is -3.74. The van der Waals surface area contributed by atoms with Crippen molar-refractivity contribution < 1.29 is 13.2 Å². The van der Waals surface area contributed by atoms with Crippen molar-refractivity contribution in [3.63, 3.8) is 0 Å². The average Bonchev–Trinajstić information content (AvgIpc) is 2.65. The molecule has 1 amide bonds. The van der Waals surface area contributed by atoms with Gasteiger partial charge in [-0.05, 0) is 43.4 Å². The van der Waals surface area contributed by atoms with Gasteiger partial charge in [0, 0.05) is 18.7 Å². The van der Waals surface area contributed by atoms with Gasteiger partial charge in [-0.1, -0.05) is 36.3 Å². The zero-order valence-corrected chi connectivity index (χ0v) is 16.2. The lowest BCUT2D eigenvalue weighted by atomic mass is 10.1. The first kappa shape index (κ1) is 20.6. The number of terminal acetylenes is 1. The summed E-state index contributed by atoms with van der Waals surface area (Å²) >= 11 is 0. The Morgan fingerprint density at radius 2 is 1.81 bits per heavy atom. The van der Waals surface area contributed by atoms with E-state index in [1.165, 1.54) is 18.2 Å². The van der Waals surface area contributed by atoms with Gasteiger partial charge in [0.05, 0.1) is 11.4 Å². The average molecular weight is 385 g/mol. The first-order valence-electron chi connectivity index (χ1n) is 8.36. The Kier molecular flexibility index (Phi) is 7.13. The van der Waals surface area contributed by atoms with Crippen LogP contribution in [0.4, 0.5) is 0 Å². The Balaban J connectivity index is 2.12.